The van der Waals surface area contributed by atoms with E-state index >= 15 is 0 Å². The average molecular weight is 286 g/mol. The van der Waals surface area contributed by atoms with Crippen molar-refractivity contribution < 1.29 is 4.79 Å². The predicted molar refractivity (Wildman–Crippen MR) is 79.4 cm³/mol. The topological polar surface area (TPSA) is 44.1 Å². The van der Waals surface area contributed by atoms with Crippen LogP contribution < -0.4 is 0 Å². The fraction of sp³-hybridized carbons (Fsp3) is 0.500. The van der Waals surface area contributed by atoms with Crippen molar-refractivity contribution in [2.24, 2.45) is 5.41 Å². The second kappa shape index (κ2) is 5.14. The van der Waals surface area contributed by atoms with Gasteiger partial charge in [0.05, 0.1) is 17.4 Å². The minimum atomic E-state index is -0.251. The molecule has 20 heavy (non-hydrogen) atoms. The van der Waals surface area contributed by atoms with E-state index in [-0.39, 0.29) is 17.2 Å². The number of hydrogen-bond acceptors (Lipinski definition) is 3. The fourth-order valence-corrected chi connectivity index (χ4v) is 4.14. The van der Waals surface area contributed by atoms with Crippen LogP contribution in [0.5, 0.6) is 0 Å². The Balaban J connectivity index is 1.71. The molecule has 104 valence electrons. The molecule has 1 aromatic rings. The number of fused-ring (bicyclic) bond motifs is 1. The lowest BCUT2D eigenvalue weighted by atomic mass is 9.81. The van der Waals surface area contributed by atoms with E-state index in [1.54, 1.807) is 11.8 Å². The molecule has 4 heteroatoms. The summed E-state index contributed by atoms with van der Waals surface area (Å²) < 4.78 is 0. The van der Waals surface area contributed by atoms with Gasteiger partial charge in [-0.25, -0.2) is 0 Å². The van der Waals surface area contributed by atoms with E-state index in [1.807, 2.05) is 24.0 Å². The maximum atomic E-state index is 12.7. The monoisotopic (exact) mass is 286 g/mol. The molecule has 1 fully saturated rings. The van der Waals surface area contributed by atoms with Gasteiger partial charge in [0.15, 0.2) is 0 Å². The molecule has 3 rings (SSSR count). The summed E-state index contributed by atoms with van der Waals surface area (Å²) in [6.45, 7) is 3.42. The normalized spacial score (nSPS) is 24.0. The maximum Gasteiger partial charge on any atom is 0.231 e. The third-order valence-electron chi connectivity index (χ3n) is 4.45. The number of piperidine rings is 1. The Morgan fingerprint density at radius 2 is 2.10 bits per heavy atom. The summed E-state index contributed by atoms with van der Waals surface area (Å²) in [5, 5.41) is 9.16. The van der Waals surface area contributed by atoms with Crippen LogP contribution in [0.1, 0.15) is 31.2 Å². The highest BCUT2D eigenvalue weighted by molar-refractivity contribution is 7.99. The Morgan fingerprint density at radius 1 is 1.40 bits per heavy atom. The first-order chi connectivity index (χ1) is 9.63. The number of benzene rings is 1. The number of carbonyl (C=O) groups excluding carboxylic acids is 1. The number of likely N-dealkylation sites (tertiary alicyclic amines) is 1. The molecule has 0 aliphatic carbocycles. The molecule has 2 aliphatic rings. The molecule has 2 heterocycles. The summed E-state index contributed by atoms with van der Waals surface area (Å²) in [6.07, 6.45) is 1.58. The van der Waals surface area contributed by atoms with Crippen LogP contribution in [0.15, 0.2) is 29.2 Å². The van der Waals surface area contributed by atoms with Gasteiger partial charge in [0.25, 0.3) is 0 Å². The third kappa shape index (κ3) is 2.31. The maximum absolute atomic E-state index is 12.7. The Bertz CT molecular complexity index is 570. The van der Waals surface area contributed by atoms with Gasteiger partial charge in [0.1, 0.15) is 0 Å². The van der Waals surface area contributed by atoms with Gasteiger partial charge in [0.2, 0.25) is 5.91 Å². The number of nitriles is 1. The van der Waals surface area contributed by atoms with Crippen LogP contribution in [0.3, 0.4) is 0 Å². The molecular formula is C16H18N2OS. The summed E-state index contributed by atoms with van der Waals surface area (Å²) >= 11 is 1.77. The molecule has 0 saturated carbocycles. The number of carbonyl (C=O) groups is 1. The molecule has 0 N–H and O–H groups in total. The second-order valence-corrected chi connectivity index (χ2v) is 6.96. The van der Waals surface area contributed by atoms with Gasteiger partial charge in [-0.05, 0) is 31.4 Å². The van der Waals surface area contributed by atoms with Crippen LogP contribution >= 0.6 is 11.8 Å². The van der Waals surface area contributed by atoms with Gasteiger partial charge in [-0.1, -0.05) is 18.2 Å². The summed E-state index contributed by atoms with van der Waals surface area (Å²) in [5.41, 5.74) is 0.926. The van der Waals surface area contributed by atoms with E-state index in [9.17, 15) is 4.79 Å². The third-order valence-corrected chi connectivity index (χ3v) is 5.63. The van der Waals surface area contributed by atoms with Crippen molar-refractivity contribution in [3.63, 3.8) is 0 Å². The van der Waals surface area contributed by atoms with Gasteiger partial charge in [-0.2, -0.15) is 5.26 Å². The predicted octanol–water partition coefficient (Wildman–Crippen LogP) is 3.03. The molecule has 0 spiro atoms. The smallest absolute Gasteiger partial charge is 0.231 e. The Hall–Kier alpha value is -1.47. The largest absolute Gasteiger partial charge is 0.342 e. The zero-order valence-corrected chi connectivity index (χ0v) is 12.4. The number of hydrogen-bond donors (Lipinski definition) is 0. The molecule has 1 amide bonds. The Labute approximate surface area is 124 Å². The Kier molecular flexibility index (Phi) is 3.47. The Morgan fingerprint density at radius 3 is 2.80 bits per heavy atom. The minimum Gasteiger partial charge on any atom is -0.342 e. The van der Waals surface area contributed by atoms with Crippen molar-refractivity contribution >= 4 is 17.7 Å². The van der Waals surface area contributed by atoms with E-state index in [2.05, 4.69) is 18.2 Å². The quantitative estimate of drug-likeness (QED) is 0.797. The van der Waals surface area contributed by atoms with Crippen LogP contribution in [0.2, 0.25) is 0 Å². The first-order valence-electron chi connectivity index (χ1n) is 7.05. The molecule has 0 aromatic heterocycles. The standard InChI is InChI=1S/C16H18N2OS/c1-16(11-17)6-8-18(9-7-16)15(19)13-10-20-14-5-3-2-4-12(13)14/h2-5,13H,6-10H2,1H3. The first-order valence-corrected chi connectivity index (χ1v) is 8.03. The van der Waals surface area contributed by atoms with E-state index in [1.165, 1.54) is 10.5 Å². The van der Waals surface area contributed by atoms with Crippen molar-refractivity contribution in [2.75, 3.05) is 18.8 Å². The van der Waals surface area contributed by atoms with E-state index in [4.69, 9.17) is 5.26 Å². The lowest BCUT2D eigenvalue weighted by molar-refractivity contribution is -0.134. The zero-order valence-electron chi connectivity index (χ0n) is 11.6. The van der Waals surface area contributed by atoms with Crippen molar-refractivity contribution in [3.8, 4) is 6.07 Å². The van der Waals surface area contributed by atoms with E-state index < -0.39 is 0 Å². The SMILES string of the molecule is CC1(C#N)CCN(C(=O)C2CSc3ccccc32)CC1. The van der Waals surface area contributed by atoms with Gasteiger partial charge < -0.3 is 4.90 Å². The number of rotatable bonds is 1. The van der Waals surface area contributed by atoms with Gasteiger partial charge in [0, 0.05) is 23.7 Å². The average Bonchev–Trinajstić information content (AvgIpc) is 2.91. The van der Waals surface area contributed by atoms with Crippen molar-refractivity contribution in [3.05, 3.63) is 29.8 Å². The molecule has 0 radical (unpaired) electrons. The summed E-state index contributed by atoms with van der Waals surface area (Å²) in [6, 6.07) is 10.6. The fourth-order valence-electron chi connectivity index (χ4n) is 2.92. The highest BCUT2D eigenvalue weighted by atomic mass is 32.2. The van der Waals surface area contributed by atoms with Gasteiger partial charge in [-0.15, -0.1) is 11.8 Å². The van der Waals surface area contributed by atoms with E-state index in [0.717, 1.165) is 18.6 Å². The van der Waals surface area contributed by atoms with Gasteiger partial charge in [-0.3, -0.25) is 4.79 Å². The molecule has 1 aromatic carbocycles. The van der Waals surface area contributed by atoms with E-state index in [0.29, 0.717) is 13.1 Å². The molecule has 0 bridgehead atoms. The molecule has 1 unspecified atom stereocenters. The number of thioether (sulfide) groups is 1. The second-order valence-electron chi connectivity index (χ2n) is 5.90. The van der Waals surface area contributed by atoms with Crippen LogP contribution in [0.25, 0.3) is 0 Å². The number of amides is 1. The summed E-state index contributed by atoms with van der Waals surface area (Å²) in [5.74, 6) is 1.09. The van der Waals surface area contributed by atoms with Crippen LogP contribution in [-0.2, 0) is 4.79 Å². The van der Waals surface area contributed by atoms with Gasteiger partial charge >= 0.3 is 0 Å². The van der Waals surface area contributed by atoms with Crippen molar-refractivity contribution in [1.82, 2.24) is 4.90 Å². The van der Waals surface area contributed by atoms with Crippen molar-refractivity contribution in [2.45, 2.75) is 30.6 Å². The molecular weight excluding hydrogens is 268 g/mol. The summed E-state index contributed by atoms with van der Waals surface area (Å²) in [4.78, 5) is 15.9. The van der Waals surface area contributed by atoms with Crippen LogP contribution in [0, 0.1) is 16.7 Å². The van der Waals surface area contributed by atoms with Crippen molar-refractivity contribution in [1.29, 1.82) is 5.26 Å². The summed E-state index contributed by atoms with van der Waals surface area (Å²) in [7, 11) is 0. The zero-order chi connectivity index (χ0) is 14.2. The van der Waals surface area contributed by atoms with Crippen LogP contribution in [0.4, 0.5) is 0 Å². The molecule has 3 nitrogen and oxygen atoms in total. The minimum absolute atomic E-state index is 0.00245. The number of nitrogens with zero attached hydrogens (tertiary/aromatic N) is 2. The lowest BCUT2D eigenvalue weighted by Gasteiger charge is -2.36. The first kappa shape index (κ1) is 13.5. The molecule has 1 atom stereocenters. The van der Waals surface area contributed by atoms with Crippen LogP contribution in [-0.4, -0.2) is 29.6 Å². The molecule has 2 aliphatic heterocycles. The highest BCUT2D eigenvalue weighted by Gasteiger charge is 2.36. The highest BCUT2D eigenvalue weighted by Crippen LogP contribution is 2.41. The molecule has 1 saturated heterocycles. The lowest BCUT2D eigenvalue weighted by Crippen LogP contribution is -2.43.